The third-order valence-electron chi connectivity index (χ3n) is 8.27. The van der Waals surface area contributed by atoms with Crippen LogP contribution in [0.25, 0.3) is 39.0 Å². The molecule has 6 aromatic rings. The number of nitrogens with zero attached hydrogens (tertiary/aromatic N) is 4. The molecule has 0 spiro atoms. The Morgan fingerprint density at radius 2 is 1.67 bits per heavy atom. The molecule has 1 aliphatic rings. The quantitative estimate of drug-likeness (QED) is 0.168. The molecule has 5 heterocycles. The van der Waals surface area contributed by atoms with Gasteiger partial charge >= 0.3 is 0 Å². The van der Waals surface area contributed by atoms with Gasteiger partial charge in [0, 0.05) is 46.5 Å². The Balaban J connectivity index is 1.15. The Bertz CT molecular complexity index is 2140. The minimum absolute atomic E-state index is 0.0225. The van der Waals surface area contributed by atoms with E-state index in [2.05, 4.69) is 64.6 Å². The Hall–Kier alpha value is -5.52. The smallest absolute Gasteiger partial charge is 0.157 e. The van der Waals surface area contributed by atoms with E-state index in [4.69, 9.17) is 26.1 Å². The minimum atomic E-state index is -0.227. The van der Waals surface area contributed by atoms with Crippen molar-refractivity contribution < 1.29 is 4.74 Å². The molecule has 0 bridgehead atoms. The Morgan fingerprint density at radius 1 is 0.844 bits per heavy atom. The van der Waals surface area contributed by atoms with Crippen LogP contribution in [0, 0.1) is 26.2 Å². The molecule has 8 heteroatoms. The van der Waals surface area contributed by atoms with Crippen molar-refractivity contribution in [2.45, 2.75) is 46.3 Å². The van der Waals surface area contributed by atoms with Gasteiger partial charge in [-0.2, -0.15) is 0 Å². The number of imidazole rings is 1. The van der Waals surface area contributed by atoms with E-state index in [-0.39, 0.29) is 12.2 Å². The van der Waals surface area contributed by atoms with E-state index in [1.54, 1.807) is 6.20 Å². The van der Waals surface area contributed by atoms with E-state index in [1.165, 1.54) is 11.1 Å². The number of H-pyrrole nitrogens is 1. The molecule has 7 rings (SSSR count). The highest BCUT2D eigenvalue weighted by Gasteiger charge is 2.24. The summed E-state index contributed by atoms with van der Waals surface area (Å²) in [4.78, 5) is 22.0. The van der Waals surface area contributed by atoms with Crippen LogP contribution in [0.15, 0.2) is 84.7 Å². The maximum atomic E-state index is 5.96. The van der Waals surface area contributed by atoms with E-state index >= 15 is 0 Å². The molecule has 0 unspecified atom stereocenters. The number of aromatic amines is 1. The van der Waals surface area contributed by atoms with Crippen molar-refractivity contribution in [1.29, 1.82) is 0 Å². The predicted octanol–water partition coefficient (Wildman–Crippen LogP) is 8.26. The molecule has 2 aromatic carbocycles. The molecule has 1 aliphatic heterocycles. The number of nitrogens with one attached hydrogen (secondary N) is 3. The molecule has 222 valence electrons. The summed E-state index contributed by atoms with van der Waals surface area (Å²) in [5.74, 6) is 3.49. The number of fused-ring (bicyclic) bond motifs is 2. The zero-order chi connectivity index (χ0) is 31.1. The number of benzene rings is 2. The number of hydrogen-bond acceptors (Lipinski definition) is 7. The molecule has 0 radical (unpaired) electrons. The van der Waals surface area contributed by atoms with Crippen LogP contribution in [0.1, 0.15) is 37.2 Å². The van der Waals surface area contributed by atoms with Crippen molar-refractivity contribution in [2.24, 2.45) is 0 Å². The Labute approximate surface area is 262 Å². The fraction of sp³-hybridized carbons (Fsp3) is 0.189. The molecule has 0 saturated carbocycles. The minimum Gasteiger partial charge on any atom is -0.358 e. The van der Waals surface area contributed by atoms with Gasteiger partial charge in [0.2, 0.25) is 0 Å². The van der Waals surface area contributed by atoms with Gasteiger partial charge in [0.05, 0.1) is 34.5 Å². The van der Waals surface area contributed by atoms with Gasteiger partial charge in [0.15, 0.2) is 5.82 Å². The lowest BCUT2D eigenvalue weighted by molar-refractivity contribution is 0.0456. The normalized spacial score (nSPS) is 16.6. The largest absolute Gasteiger partial charge is 0.358 e. The van der Waals surface area contributed by atoms with Crippen LogP contribution in [0.5, 0.6) is 0 Å². The summed E-state index contributed by atoms with van der Waals surface area (Å²) < 4.78 is 5.96. The molecule has 2 atom stereocenters. The maximum Gasteiger partial charge on any atom is 0.157 e. The van der Waals surface area contributed by atoms with Crippen LogP contribution in [-0.2, 0) is 4.74 Å². The highest BCUT2D eigenvalue weighted by molar-refractivity contribution is 5.95. The Kier molecular flexibility index (Phi) is 7.24. The number of hydrogen-bond donors (Lipinski definition) is 3. The van der Waals surface area contributed by atoms with E-state index in [9.17, 15) is 0 Å². The number of aryl methyl sites for hydroxylation is 2. The summed E-state index contributed by atoms with van der Waals surface area (Å²) in [6, 6.07) is 22.5. The third kappa shape index (κ3) is 5.74. The van der Waals surface area contributed by atoms with Crippen LogP contribution in [0.2, 0.25) is 0 Å². The monoisotopic (exact) mass is 591 g/mol. The first kappa shape index (κ1) is 28.3. The fourth-order valence-electron chi connectivity index (χ4n) is 5.84. The molecular formula is C37H33N7O. The maximum absolute atomic E-state index is 5.96. The van der Waals surface area contributed by atoms with Crippen LogP contribution in [-0.4, -0.2) is 37.1 Å². The number of terminal acetylenes is 1. The zero-order valence-electron chi connectivity index (χ0n) is 25.6. The first-order chi connectivity index (χ1) is 21.8. The van der Waals surface area contributed by atoms with Crippen molar-refractivity contribution in [1.82, 2.24) is 24.9 Å². The highest BCUT2D eigenvalue weighted by Crippen LogP contribution is 2.36. The van der Waals surface area contributed by atoms with Crippen LogP contribution < -0.4 is 10.6 Å². The first-order valence-electron chi connectivity index (χ1n) is 15.0. The second-order valence-electron chi connectivity index (χ2n) is 11.5. The van der Waals surface area contributed by atoms with Gasteiger partial charge < -0.3 is 20.4 Å². The summed E-state index contributed by atoms with van der Waals surface area (Å²) in [6.45, 7) is 8.16. The average Bonchev–Trinajstić information content (AvgIpc) is 3.46. The number of pyridine rings is 3. The second kappa shape index (κ2) is 11.5. The highest BCUT2D eigenvalue weighted by atomic mass is 16.5. The SMILES string of the molecule is C#C[C@H]1CC(c2ccc3nc(C)cc(Nc4ccc(-c5nc6ccc(Nc7ccnc(C)c7)cc6[nH]5)nc4)c3c2)=C(C)[C@@H](C)O1. The molecule has 0 fully saturated rings. The van der Waals surface area contributed by atoms with E-state index in [1.807, 2.05) is 62.5 Å². The van der Waals surface area contributed by atoms with Crippen molar-refractivity contribution in [2.75, 3.05) is 10.6 Å². The molecule has 45 heavy (non-hydrogen) atoms. The zero-order valence-corrected chi connectivity index (χ0v) is 25.6. The third-order valence-corrected chi connectivity index (χ3v) is 8.27. The fourth-order valence-corrected chi connectivity index (χ4v) is 5.84. The topological polar surface area (TPSA) is 101 Å². The van der Waals surface area contributed by atoms with Crippen molar-refractivity contribution in [3.05, 3.63) is 102 Å². The second-order valence-corrected chi connectivity index (χ2v) is 11.5. The molecule has 0 aliphatic carbocycles. The van der Waals surface area contributed by atoms with Crippen molar-refractivity contribution >= 4 is 50.3 Å². The van der Waals surface area contributed by atoms with E-state index in [0.29, 0.717) is 12.2 Å². The number of ether oxygens (including phenoxy) is 1. The molecule has 4 aromatic heterocycles. The van der Waals surface area contributed by atoms with Crippen molar-refractivity contribution in [3.63, 3.8) is 0 Å². The Morgan fingerprint density at radius 3 is 2.47 bits per heavy atom. The van der Waals surface area contributed by atoms with Gasteiger partial charge in [-0.3, -0.25) is 15.0 Å². The van der Waals surface area contributed by atoms with Crippen molar-refractivity contribution in [3.8, 4) is 23.9 Å². The lowest BCUT2D eigenvalue weighted by Gasteiger charge is -2.29. The lowest BCUT2D eigenvalue weighted by atomic mass is 9.90. The van der Waals surface area contributed by atoms with Gasteiger partial charge in [-0.15, -0.1) is 6.42 Å². The summed E-state index contributed by atoms with van der Waals surface area (Å²) in [5, 5.41) is 8.04. The molecule has 8 nitrogen and oxygen atoms in total. The van der Waals surface area contributed by atoms with Crippen LogP contribution >= 0.6 is 0 Å². The van der Waals surface area contributed by atoms with Gasteiger partial charge in [-0.05, 0) is 105 Å². The predicted molar refractivity (Wildman–Crippen MR) is 182 cm³/mol. The summed E-state index contributed by atoms with van der Waals surface area (Å²) in [5.41, 5.74) is 12.7. The van der Waals surface area contributed by atoms with Gasteiger partial charge in [-0.1, -0.05) is 12.0 Å². The molecule has 0 amide bonds. The molecule has 3 N–H and O–H groups in total. The number of aromatic nitrogens is 5. The van der Waals surface area contributed by atoms with Crippen LogP contribution in [0.4, 0.5) is 22.7 Å². The van der Waals surface area contributed by atoms with Gasteiger partial charge in [0.1, 0.15) is 11.8 Å². The summed E-state index contributed by atoms with van der Waals surface area (Å²) in [6.07, 6.45) is 9.81. The molecule has 0 saturated heterocycles. The van der Waals surface area contributed by atoms with Gasteiger partial charge in [0.25, 0.3) is 0 Å². The van der Waals surface area contributed by atoms with E-state index in [0.717, 1.165) is 67.3 Å². The summed E-state index contributed by atoms with van der Waals surface area (Å²) >= 11 is 0. The number of rotatable bonds is 6. The first-order valence-corrected chi connectivity index (χ1v) is 15.0. The van der Waals surface area contributed by atoms with Gasteiger partial charge in [-0.25, -0.2) is 4.98 Å². The van der Waals surface area contributed by atoms with Crippen LogP contribution in [0.3, 0.4) is 0 Å². The molecular weight excluding hydrogens is 558 g/mol. The lowest BCUT2D eigenvalue weighted by Crippen LogP contribution is -2.26. The average molecular weight is 592 g/mol. The van der Waals surface area contributed by atoms with E-state index < -0.39 is 0 Å². The summed E-state index contributed by atoms with van der Waals surface area (Å²) in [7, 11) is 0. The standard InChI is InChI=1S/C37H33N7O/c1-6-29-19-30(23(4)24(5)45-29)25-7-10-32-31(17-25)35(16-22(3)40-32)42-28-9-12-34(39-20-28)37-43-33-11-8-26(18-36(33)44-37)41-27-13-14-38-21(2)15-27/h1,7-18,20,24,29H,19H2,2-5H3,(H,38,41)(H,40,42)(H,43,44)/t24-,29+/m1/s1. The number of anilines is 4.